The Morgan fingerprint density at radius 3 is 2.78 bits per heavy atom. The van der Waals surface area contributed by atoms with Crippen LogP contribution in [0.5, 0.6) is 0 Å². The topological polar surface area (TPSA) is 99.0 Å². The van der Waals surface area contributed by atoms with E-state index in [1.807, 2.05) is 6.92 Å². The van der Waals surface area contributed by atoms with Crippen molar-refractivity contribution in [2.45, 2.75) is 33.2 Å². The maximum absolute atomic E-state index is 11.8. The van der Waals surface area contributed by atoms with Crippen LogP contribution in [0, 0.1) is 0 Å². The van der Waals surface area contributed by atoms with Crippen LogP contribution in [0.25, 0.3) is 0 Å². The van der Waals surface area contributed by atoms with Gasteiger partial charge in [-0.05, 0) is 30.7 Å². The molecule has 0 fully saturated rings. The Balaban J connectivity index is 2.80. The molecule has 1 N–H and O–H groups in total. The number of aromatic nitrogens is 4. The van der Waals surface area contributed by atoms with E-state index in [0.717, 1.165) is 11.1 Å². The SMILES string of the molecule is CCCNC(=O)C(C)n1nnnc1C(=O)OCC. The largest absolute Gasteiger partial charge is 0.460 e. The number of tetrazole rings is 1. The highest BCUT2D eigenvalue weighted by molar-refractivity contribution is 5.86. The summed E-state index contributed by atoms with van der Waals surface area (Å²) >= 11 is 0. The summed E-state index contributed by atoms with van der Waals surface area (Å²) in [6, 6.07) is -0.661. The van der Waals surface area contributed by atoms with Gasteiger partial charge in [0.15, 0.2) is 0 Å². The zero-order chi connectivity index (χ0) is 13.5. The van der Waals surface area contributed by atoms with Gasteiger partial charge in [0.1, 0.15) is 6.04 Å². The molecule has 0 bridgehead atoms. The van der Waals surface area contributed by atoms with Crippen molar-refractivity contribution < 1.29 is 14.3 Å². The molecule has 0 aliphatic rings. The van der Waals surface area contributed by atoms with E-state index in [1.165, 1.54) is 0 Å². The number of nitrogens with zero attached hydrogens (tertiary/aromatic N) is 4. The number of carbonyl (C=O) groups is 2. The first-order valence-electron chi connectivity index (χ1n) is 5.84. The van der Waals surface area contributed by atoms with Crippen LogP contribution in [0.4, 0.5) is 0 Å². The number of nitrogens with one attached hydrogen (secondary N) is 1. The molecule has 18 heavy (non-hydrogen) atoms. The molecule has 1 heterocycles. The minimum atomic E-state index is -0.661. The number of rotatable bonds is 6. The van der Waals surface area contributed by atoms with Gasteiger partial charge in [-0.3, -0.25) is 4.79 Å². The summed E-state index contributed by atoms with van der Waals surface area (Å²) in [5.74, 6) is -0.955. The highest BCUT2D eigenvalue weighted by atomic mass is 16.5. The Morgan fingerprint density at radius 1 is 1.44 bits per heavy atom. The lowest BCUT2D eigenvalue weighted by molar-refractivity contribution is -0.124. The van der Waals surface area contributed by atoms with Crippen LogP contribution >= 0.6 is 0 Å². The first-order chi connectivity index (χ1) is 8.61. The highest BCUT2D eigenvalue weighted by Crippen LogP contribution is 2.07. The zero-order valence-corrected chi connectivity index (χ0v) is 10.7. The summed E-state index contributed by atoms with van der Waals surface area (Å²) in [4.78, 5) is 23.3. The van der Waals surface area contributed by atoms with Gasteiger partial charge in [-0.25, -0.2) is 9.48 Å². The third-order valence-corrected chi connectivity index (χ3v) is 2.25. The van der Waals surface area contributed by atoms with Crippen molar-refractivity contribution in [3.63, 3.8) is 0 Å². The van der Waals surface area contributed by atoms with E-state index in [2.05, 4.69) is 20.8 Å². The van der Waals surface area contributed by atoms with Gasteiger partial charge in [-0.2, -0.15) is 0 Å². The second-order valence-corrected chi connectivity index (χ2v) is 3.63. The molecule has 1 rings (SSSR count). The molecular weight excluding hydrogens is 238 g/mol. The standard InChI is InChI=1S/C10H17N5O3/c1-4-6-11-9(16)7(3)15-8(12-13-14-15)10(17)18-5-2/h7H,4-6H2,1-3H3,(H,11,16). The fourth-order valence-corrected chi connectivity index (χ4v) is 1.29. The molecule has 0 aromatic carbocycles. The van der Waals surface area contributed by atoms with E-state index in [0.29, 0.717) is 6.54 Å². The van der Waals surface area contributed by atoms with Gasteiger partial charge < -0.3 is 10.1 Å². The van der Waals surface area contributed by atoms with E-state index in [1.54, 1.807) is 13.8 Å². The van der Waals surface area contributed by atoms with Gasteiger partial charge in [0.05, 0.1) is 6.61 Å². The van der Waals surface area contributed by atoms with E-state index < -0.39 is 12.0 Å². The third-order valence-electron chi connectivity index (χ3n) is 2.25. The van der Waals surface area contributed by atoms with Crippen LogP contribution in [-0.2, 0) is 9.53 Å². The average molecular weight is 255 g/mol. The third kappa shape index (κ3) is 3.25. The van der Waals surface area contributed by atoms with Crippen LogP contribution in [0.2, 0.25) is 0 Å². The lowest BCUT2D eigenvalue weighted by Crippen LogP contribution is -2.33. The molecule has 8 heteroatoms. The molecule has 1 aromatic rings. The minimum Gasteiger partial charge on any atom is -0.460 e. The molecule has 0 aliphatic carbocycles. The molecule has 100 valence electrons. The van der Waals surface area contributed by atoms with Crippen LogP contribution in [0.15, 0.2) is 0 Å². The summed E-state index contributed by atoms with van der Waals surface area (Å²) in [6.45, 7) is 6.04. The van der Waals surface area contributed by atoms with Crippen molar-refractivity contribution >= 4 is 11.9 Å². The second-order valence-electron chi connectivity index (χ2n) is 3.63. The van der Waals surface area contributed by atoms with Crippen molar-refractivity contribution in [1.82, 2.24) is 25.5 Å². The van der Waals surface area contributed by atoms with Crippen LogP contribution in [-0.4, -0.2) is 45.2 Å². The Labute approximate surface area is 105 Å². The molecule has 1 amide bonds. The molecule has 0 aliphatic heterocycles. The number of hydrogen-bond acceptors (Lipinski definition) is 6. The Hall–Kier alpha value is -1.99. The highest BCUT2D eigenvalue weighted by Gasteiger charge is 2.24. The first-order valence-corrected chi connectivity index (χ1v) is 5.84. The fourth-order valence-electron chi connectivity index (χ4n) is 1.29. The van der Waals surface area contributed by atoms with Crippen LogP contribution in [0.1, 0.15) is 43.9 Å². The molecule has 1 unspecified atom stereocenters. The lowest BCUT2D eigenvalue weighted by atomic mass is 10.3. The van der Waals surface area contributed by atoms with Crippen molar-refractivity contribution in [2.24, 2.45) is 0 Å². The van der Waals surface area contributed by atoms with Crippen molar-refractivity contribution in [1.29, 1.82) is 0 Å². The number of esters is 1. The van der Waals surface area contributed by atoms with Crippen molar-refractivity contribution in [3.8, 4) is 0 Å². The number of amides is 1. The Bertz CT molecular complexity index is 417. The van der Waals surface area contributed by atoms with Crippen LogP contribution < -0.4 is 5.32 Å². The van der Waals surface area contributed by atoms with Gasteiger partial charge in [0.2, 0.25) is 5.91 Å². The Morgan fingerprint density at radius 2 is 2.17 bits per heavy atom. The zero-order valence-electron chi connectivity index (χ0n) is 10.7. The summed E-state index contributed by atoms with van der Waals surface area (Å²) in [5.41, 5.74) is 0. The smallest absolute Gasteiger partial charge is 0.378 e. The Kier molecular flexibility index (Phi) is 5.22. The molecule has 0 radical (unpaired) electrons. The molecule has 1 aromatic heterocycles. The summed E-state index contributed by atoms with van der Waals surface area (Å²) in [6.07, 6.45) is 0.832. The molecule has 1 atom stereocenters. The molecule has 0 saturated heterocycles. The number of hydrogen-bond donors (Lipinski definition) is 1. The summed E-state index contributed by atoms with van der Waals surface area (Å²) in [5, 5.41) is 13.3. The van der Waals surface area contributed by atoms with Gasteiger partial charge in [0, 0.05) is 6.54 Å². The summed E-state index contributed by atoms with van der Waals surface area (Å²) < 4.78 is 5.96. The number of carbonyl (C=O) groups excluding carboxylic acids is 2. The van der Waals surface area contributed by atoms with E-state index in [-0.39, 0.29) is 18.3 Å². The fraction of sp³-hybridized carbons (Fsp3) is 0.700. The molecular formula is C10H17N5O3. The predicted molar refractivity (Wildman–Crippen MR) is 61.8 cm³/mol. The van der Waals surface area contributed by atoms with Crippen molar-refractivity contribution in [2.75, 3.05) is 13.2 Å². The maximum Gasteiger partial charge on any atom is 0.378 e. The van der Waals surface area contributed by atoms with E-state index >= 15 is 0 Å². The van der Waals surface area contributed by atoms with Gasteiger partial charge >= 0.3 is 5.97 Å². The average Bonchev–Trinajstić information content (AvgIpc) is 2.84. The van der Waals surface area contributed by atoms with Gasteiger partial charge in [-0.15, -0.1) is 5.10 Å². The molecule has 0 saturated carbocycles. The van der Waals surface area contributed by atoms with Gasteiger partial charge in [0.25, 0.3) is 5.82 Å². The second kappa shape index (κ2) is 6.67. The molecule has 8 nitrogen and oxygen atoms in total. The monoisotopic (exact) mass is 255 g/mol. The first kappa shape index (κ1) is 14.1. The number of ether oxygens (including phenoxy) is 1. The summed E-state index contributed by atoms with van der Waals surface area (Å²) in [7, 11) is 0. The van der Waals surface area contributed by atoms with Crippen LogP contribution in [0.3, 0.4) is 0 Å². The molecule has 0 spiro atoms. The maximum atomic E-state index is 11.8. The quantitative estimate of drug-likeness (QED) is 0.715. The van der Waals surface area contributed by atoms with E-state index in [9.17, 15) is 9.59 Å². The van der Waals surface area contributed by atoms with E-state index in [4.69, 9.17) is 4.74 Å². The normalized spacial score (nSPS) is 11.9. The lowest BCUT2D eigenvalue weighted by Gasteiger charge is -2.12. The van der Waals surface area contributed by atoms with Gasteiger partial charge in [-0.1, -0.05) is 6.92 Å². The van der Waals surface area contributed by atoms with Crippen molar-refractivity contribution in [3.05, 3.63) is 5.82 Å². The predicted octanol–water partition coefficient (Wildman–Crippen LogP) is -0.0630. The minimum absolute atomic E-state index is 0.0731.